The maximum Gasteiger partial charge on any atom is 0.335 e. The molecule has 1 aliphatic rings. The Morgan fingerprint density at radius 2 is 2.12 bits per heavy atom. The molecule has 3 rings (SSSR count). The normalized spacial score (nSPS) is 17.8. The summed E-state index contributed by atoms with van der Waals surface area (Å²) in [7, 11) is -3.97. The molecule has 7 nitrogen and oxygen atoms in total. The maximum atomic E-state index is 13.7. The quantitative estimate of drug-likeness (QED) is 0.805. The lowest BCUT2D eigenvalue weighted by Crippen LogP contribution is -2.29. The summed E-state index contributed by atoms with van der Waals surface area (Å²) in [5.74, 6) is -1.12. The second-order valence-corrected chi connectivity index (χ2v) is 7.72. The van der Waals surface area contributed by atoms with Crippen LogP contribution in [0.25, 0.3) is 0 Å². The number of carbonyl (C=O) groups excluding carboxylic acids is 1. The lowest BCUT2D eigenvalue weighted by atomic mass is 10.2. The molecule has 0 spiro atoms. The van der Waals surface area contributed by atoms with Crippen LogP contribution >= 0.6 is 0 Å². The van der Waals surface area contributed by atoms with E-state index in [1.165, 1.54) is 18.2 Å². The Morgan fingerprint density at radius 1 is 1.36 bits per heavy atom. The maximum absolute atomic E-state index is 13.7. The molecule has 0 unspecified atom stereocenters. The monoisotopic (exact) mass is 367 g/mol. The summed E-state index contributed by atoms with van der Waals surface area (Å²) in [5.41, 5.74) is 0.0332. The Kier molecular flexibility index (Phi) is 4.85. The van der Waals surface area contributed by atoms with Crippen molar-refractivity contribution < 1.29 is 22.0 Å². The average Bonchev–Trinajstić information content (AvgIpc) is 3.25. The molecule has 1 aliphatic heterocycles. The molecule has 0 N–H and O–H groups in total. The molecule has 1 atom stereocenters. The number of benzene rings is 1. The van der Waals surface area contributed by atoms with Gasteiger partial charge in [0.25, 0.3) is 0 Å². The van der Waals surface area contributed by atoms with Gasteiger partial charge in [-0.1, -0.05) is 30.2 Å². The Balaban J connectivity index is 1.83. The van der Waals surface area contributed by atoms with Crippen LogP contribution in [0, 0.1) is 5.82 Å². The molecule has 1 fully saturated rings. The van der Waals surface area contributed by atoms with Crippen LogP contribution in [0.3, 0.4) is 0 Å². The Labute approximate surface area is 144 Å². The summed E-state index contributed by atoms with van der Waals surface area (Å²) in [6.07, 6.45) is 1.78. The lowest BCUT2D eigenvalue weighted by molar-refractivity contribution is -0.132. The van der Waals surface area contributed by atoms with Crippen molar-refractivity contribution in [1.82, 2.24) is 15.1 Å². The summed E-state index contributed by atoms with van der Waals surface area (Å²) < 4.78 is 43.9. The van der Waals surface area contributed by atoms with Crippen molar-refractivity contribution in [3.63, 3.8) is 0 Å². The first-order valence-corrected chi connectivity index (χ1v) is 9.66. The van der Waals surface area contributed by atoms with Crippen molar-refractivity contribution in [3.05, 3.63) is 41.5 Å². The number of aromatic nitrogens is 2. The molecular weight excluding hydrogens is 349 g/mol. The molecule has 1 aromatic carbocycles. The van der Waals surface area contributed by atoms with Crippen LogP contribution in [0.15, 0.2) is 33.9 Å². The molecule has 2 heterocycles. The van der Waals surface area contributed by atoms with E-state index in [-0.39, 0.29) is 17.4 Å². The number of hydrogen-bond acceptors (Lipinski definition) is 6. The largest absolute Gasteiger partial charge is 0.410 e. The minimum atomic E-state index is -3.97. The van der Waals surface area contributed by atoms with Gasteiger partial charge in [-0.15, -0.1) is 5.10 Å². The first-order valence-electron chi connectivity index (χ1n) is 8.01. The molecule has 0 saturated carbocycles. The standard InChI is InChI=1S/C16H18FN3O4S/c1-2-14(21)20-9-5-8-13(20)15-18-19-16(24-15)25(22,23)10-11-6-3-4-7-12(11)17/h3-4,6-7,13H,2,5,8-10H2,1H3/t13-/m0/s1. The highest BCUT2D eigenvalue weighted by Crippen LogP contribution is 2.32. The van der Waals surface area contributed by atoms with E-state index >= 15 is 0 Å². The highest BCUT2D eigenvalue weighted by atomic mass is 32.2. The zero-order valence-corrected chi connectivity index (χ0v) is 14.5. The van der Waals surface area contributed by atoms with Crippen LogP contribution in [0.2, 0.25) is 0 Å². The topological polar surface area (TPSA) is 93.4 Å². The van der Waals surface area contributed by atoms with Gasteiger partial charge in [0.2, 0.25) is 21.6 Å². The smallest absolute Gasteiger partial charge is 0.335 e. The van der Waals surface area contributed by atoms with Crippen molar-refractivity contribution in [1.29, 1.82) is 0 Å². The fourth-order valence-corrected chi connectivity index (χ4v) is 4.03. The predicted octanol–water partition coefficient (Wildman–Crippen LogP) is 2.26. The number of sulfone groups is 1. The third kappa shape index (κ3) is 3.55. The van der Waals surface area contributed by atoms with Gasteiger partial charge in [-0.3, -0.25) is 4.79 Å². The molecule has 0 bridgehead atoms. The summed E-state index contributed by atoms with van der Waals surface area (Å²) in [6.45, 7) is 2.34. The van der Waals surface area contributed by atoms with E-state index in [9.17, 15) is 17.6 Å². The summed E-state index contributed by atoms with van der Waals surface area (Å²) in [4.78, 5) is 13.6. The van der Waals surface area contributed by atoms with E-state index < -0.39 is 32.7 Å². The second-order valence-electron chi connectivity index (χ2n) is 5.86. The number of likely N-dealkylation sites (tertiary alicyclic amines) is 1. The van der Waals surface area contributed by atoms with Gasteiger partial charge in [-0.05, 0) is 18.9 Å². The van der Waals surface area contributed by atoms with E-state index in [1.807, 2.05) is 0 Å². The first kappa shape index (κ1) is 17.5. The van der Waals surface area contributed by atoms with Gasteiger partial charge in [0.1, 0.15) is 11.9 Å². The minimum Gasteiger partial charge on any atom is -0.410 e. The van der Waals surface area contributed by atoms with Crippen LogP contribution in [0.4, 0.5) is 4.39 Å². The number of hydrogen-bond donors (Lipinski definition) is 0. The van der Waals surface area contributed by atoms with Crippen LogP contribution in [-0.4, -0.2) is 36.0 Å². The van der Waals surface area contributed by atoms with Gasteiger partial charge in [0.05, 0.1) is 5.75 Å². The molecule has 9 heteroatoms. The van der Waals surface area contributed by atoms with Gasteiger partial charge < -0.3 is 9.32 Å². The summed E-state index contributed by atoms with van der Waals surface area (Å²) in [6, 6.07) is 5.22. The predicted molar refractivity (Wildman–Crippen MR) is 85.6 cm³/mol. The van der Waals surface area contributed by atoms with Crippen LogP contribution < -0.4 is 0 Å². The van der Waals surface area contributed by atoms with E-state index in [0.29, 0.717) is 19.4 Å². The van der Waals surface area contributed by atoms with E-state index in [2.05, 4.69) is 10.2 Å². The zero-order valence-electron chi connectivity index (χ0n) is 13.7. The SMILES string of the molecule is CCC(=O)N1CCC[C@H]1c1nnc(S(=O)(=O)Cc2ccccc2F)o1. The molecular formula is C16H18FN3O4S. The Morgan fingerprint density at radius 3 is 2.84 bits per heavy atom. The molecule has 1 saturated heterocycles. The second kappa shape index (κ2) is 6.91. The van der Waals surface area contributed by atoms with Gasteiger partial charge in [-0.2, -0.15) is 0 Å². The van der Waals surface area contributed by atoms with E-state index in [4.69, 9.17) is 4.42 Å². The van der Waals surface area contributed by atoms with E-state index in [1.54, 1.807) is 17.9 Å². The highest BCUT2D eigenvalue weighted by Gasteiger charge is 2.34. The van der Waals surface area contributed by atoms with Crippen molar-refractivity contribution in [3.8, 4) is 0 Å². The Bertz CT molecular complexity index is 881. The van der Waals surface area contributed by atoms with Gasteiger partial charge in [0, 0.05) is 18.5 Å². The van der Waals surface area contributed by atoms with Crippen LogP contribution in [0.5, 0.6) is 0 Å². The van der Waals surface area contributed by atoms with Crippen molar-refractivity contribution in [2.75, 3.05) is 6.54 Å². The third-order valence-corrected chi connectivity index (χ3v) is 5.54. The molecule has 0 radical (unpaired) electrons. The van der Waals surface area contributed by atoms with Gasteiger partial charge in [-0.25, -0.2) is 12.8 Å². The number of carbonyl (C=O) groups is 1. The van der Waals surface area contributed by atoms with Crippen molar-refractivity contribution in [2.45, 2.75) is 43.2 Å². The fraction of sp³-hybridized carbons (Fsp3) is 0.438. The lowest BCUT2D eigenvalue weighted by Gasteiger charge is -2.21. The van der Waals surface area contributed by atoms with E-state index in [0.717, 1.165) is 6.42 Å². The number of amides is 1. The summed E-state index contributed by atoms with van der Waals surface area (Å²) in [5, 5.41) is 6.87. The molecule has 25 heavy (non-hydrogen) atoms. The number of rotatable bonds is 5. The zero-order chi connectivity index (χ0) is 18.0. The average molecular weight is 367 g/mol. The number of halogens is 1. The first-order chi connectivity index (χ1) is 11.9. The van der Waals surface area contributed by atoms with Crippen LogP contribution in [-0.2, 0) is 20.4 Å². The fourth-order valence-electron chi connectivity index (χ4n) is 2.89. The molecule has 1 amide bonds. The number of nitrogens with zero attached hydrogens (tertiary/aromatic N) is 3. The molecule has 2 aromatic rings. The van der Waals surface area contributed by atoms with Crippen molar-refractivity contribution in [2.24, 2.45) is 0 Å². The van der Waals surface area contributed by atoms with Crippen molar-refractivity contribution >= 4 is 15.7 Å². The molecule has 1 aromatic heterocycles. The summed E-state index contributed by atoms with van der Waals surface area (Å²) >= 11 is 0. The van der Waals surface area contributed by atoms with Crippen LogP contribution in [0.1, 0.15) is 43.7 Å². The third-order valence-electron chi connectivity index (χ3n) is 4.15. The Hall–Kier alpha value is -2.29. The molecule has 134 valence electrons. The van der Waals surface area contributed by atoms with Gasteiger partial charge >= 0.3 is 5.22 Å². The molecule has 0 aliphatic carbocycles. The minimum absolute atomic E-state index is 0.0332. The highest BCUT2D eigenvalue weighted by molar-refractivity contribution is 7.90. The van der Waals surface area contributed by atoms with Gasteiger partial charge in [0.15, 0.2) is 0 Å².